The number of carbonyl (C=O) groups is 1. The zero-order chi connectivity index (χ0) is 18.7. The maximum absolute atomic E-state index is 13.8. The molecule has 0 fully saturated rings. The molecule has 4 heterocycles. The van der Waals surface area contributed by atoms with Crippen molar-refractivity contribution in [1.82, 2.24) is 4.57 Å². The fourth-order valence-electron chi connectivity index (χ4n) is 4.52. The lowest BCUT2D eigenvalue weighted by molar-refractivity contribution is -0.122. The molecule has 28 heavy (non-hydrogen) atoms. The molecule has 1 spiro atoms. The van der Waals surface area contributed by atoms with Gasteiger partial charge < -0.3 is 23.7 Å². The minimum atomic E-state index is -0.830. The molecule has 1 atom stereocenters. The van der Waals surface area contributed by atoms with Crippen LogP contribution in [-0.2, 0) is 16.8 Å². The van der Waals surface area contributed by atoms with Gasteiger partial charge in [0.2, 0.25) is 12.7 Å². The van der Waals surface area contributed by atoms with Gasteiger partial charge in [-0.25, -0.2) is 0 Å². The molecule has 2 aromatic carbocycles. The summed E-state index contributed by atoms with van der Waals surface area (Å²) in [5.41, 5.74) is 1.97. The summed E-state index contributed by atoms with van der Waals surface area (Å²) in [6, 6.07) is 15.7. The van der Waals surface area contributed by atoms with Crippen molar-refractivity contribution in [2.24, 2.45) is 0 Å². The third-order valence-corrected chi connectivity index (χ3v) is 5.89. The number of aromatic nitrogens is 1. The van der Waals surface area contributed by atoms with Crippen LogP contribution in [0.1, 0.15) is 11.1 Å². The van der Waals surface area contributed by atoms with Crippen LogP contribution < -0.4 is 19.1 Å². The second-order valence-electron chi connectivity index (χ2n) is 7.29. The Bertz CT molecular complexity index is 1090. The van der Waals surface area contributed by atoms with Gasteiger partial charge in [0.1, 0.15) is 17.8 Å². The van der Waals surface area contributed by atoms with Gasteiger partial charge in [-0.2, -0.15) is 0 Å². The number of rotatable bonds is 3. The van der Waals surface area contributed by atoms with Crippen molar-refractivity contribution >= 4 is 11.6 Å². The second kappa shape index (κ2) is 5.55. The molecule has 6 rings (SSSR count). The predicted molar refractivity (Wildman–Crippen MR) is 102 cm³/mol. The van der Waals surface area contributed by atoms with Crippen molar-refractivity contribution in [3.63, 3.8) is 0 Å². The third-order valence-electron chi connectivity index (χ3n) is 5.89. The zero-order valence-electron chi connectivity index (χ0n) is 15.1. The number of amides is 1. The average Bonchev–Trinajstić information content (AvgIpc) is 3.49. The van der Waals surface area contributed by atoms with E-state index in [2.05, 4.69) is 4.57 Å². The van der Waals surface area contributed by atoms with Crippen molar-refractivity contribution in [2.75, 3.05) is 24.8 Å². The van der Waals surface area contributed by atoms with Gasteiger partial charge in [0.15, 0.2) is 11.5 Å². The Labute approximate surface area is 161 Å². The molecule has 140 valence electrons. The van der Waals surface area contributed by atoms with E-state index >= 15 is 0 Å². The van der Waals surface area contributed by atoms with Crippen LogP contribution in [0.25, 0.3) is 0 Å². The Morgan fingerprint density at radius 2 is 1.64 bits per heavy atom. The largest absolute Gasteiger partial charge is 0.491 e. The molecule has 6 heteroatoms. The molecule has 0 radical (unpaired) electrons. The van der Waals surface area contributed by atoms with Gasteiger partial charge >= 0.3 is 0 Å². The Hall–Kier alpha value is -3.41. The van der Waals surface area contributed by atoms with Gasteiger partial charge in [-0.15, -0.1) is 0 Å². The van der Waals surface area contributed by atoms with Crippen molar-refractivity contribution in [3.8, 4) is 17.2 Å². The lowest BCUT2D eigenvalue weighted by Crippen LogP contribution is -2.43. The van der Waals surface area contributed by atoms with Crippen molar-refractivity contribution < 1.29 is 19.0 Å². The molecule has 1 unspecified atom stereocenters. The number of nitrogens with zero attached hydrogens (tertiary/aromatic N) is 2. The van der Waals surface area contributed by atoms with E-state index in [1.54, 1.807) is 0 Å². The first-order valence-corrected chi connectivity index (χ1v) is 9.36. The molecular formula is C22H18N2O4. The van der Waals surface area contributed by atoms with Crippen molar-refractivity contribution in [1.29, 1.82) is 0 Å². The summed E-state index contributed by atoms with van der Waals surface area (Å²) >= 11 is 0. The van der Waals surface area contributed by atoms with Crippen LogP contribution in [0, 0.1) is 0 Å². The topological polar surface area (TPSA) is 52.9 Å². The highest BCUT2D eigenvalue weighted by Crippen LogP contribution is 2.54. The SMILES string of the molecule is O=C1N(CCn2cccc2)c2ccccc2C12COc1cc3c(cc12)OCO3. The van der Waals surface area contributed by atoms with E-state index in [-0.39, 0.29) is 12.7 Å². The van der Waals surface area contributed by atoms with Crippen LogP contribution in [0.5, 0.6) is 17.2 Å². The lowest BCUT2D eigenvalue weighted by Gasteiger charge is -2.23. The summed E-state index contributed by atoms with van der Waals surface area (Å²) in [5, 5.41) is 0. The maximum atomic E-state index is 13.8. The Morgan fingerprint density at radius 3 is 2.50 bits per heavy atom. The summed E-state index contributed by atoms with van der Waals surface area (Å²) in [7, 11) is 0. The standard InChI is InChI=1S/C22H18N2O4/c25-21-22(13-26-18-12-20-19(11-16(18)22)27-14-28-20)15-5-1-2-6-17(15)24(21)10-9-23-7-3-4-8-23/h1-8,11-12H,9-10,13-14H2. The van der Waals surface area contributed by atoms with Gasteiger partial charge in [-0.1, -0.05) is 18.2 Å². The highest BCUT2D eigenvalue weighted by molar-refractivity contribution is 6.11. The van der Waals surface area contributed by atoms with Crippen molar-refractivity contribution in [2.45, 2.75) is 12.0 Å². The van der Waals surface area contributed by atoms with Gasteiger partial charge in [0.05, 0.1) is 0 Å². The van der Waals surface area contributed by atoms with Crippen molar-refractivity contribution in [3.05, 3.63) is 72.1 Å². The normalized spacial score (nSPS) is 21.1. The van der Waals surface area contributed by atoms with E-state index in [0.29, 0.717) is 30.4 Å². The van der Waals surface area contributed by atoms with Gasteiger partial charge in [-0.3, -0.25) is 4.79 Å². The molecular weight excluding hydrogens is 356 g/mol. The first kappa shape index (κ1) is 15.6. The van der Waals surface area contributed by atoms with Crippen LogP contribution in [0.3, 0.4) is 0 Å². The number of fused-ring (bicyclic) bond motifs is 5. The van der Waals surface area contributed by atoms with Crippen LogP contribution in [0.15, 0.2) is 60.9 Å². The first-order valence-electron chi connectivity index (χ1n) is 9.36. The molecule has 0 saturated heterocycles. The summed E-state index contributed by atoms with van der Waals surface area (Å²) in [4.78, 5) is 15.7. The monoisotopic (exact) mass is 374 g/mol. The van der Waals surface area contributed by atoms with E-state index < -0.39 is 5.41 Å². The third kappa shape index (κ3) is 1.94. The predicted octanol–water partition coefficient (Wildman–Crippen LogP) is 2.94. The van der Waals surface area contributed by atoms with Gasteiger partial charge in [-0.05, 0) is 29.8 Å². The fraction of sp³-hybridized carbons (Fsp3) is 0.227. The summed E-state index contributed by atoms with van der Waals surface area (Å²) in [5.74, 6) is 2.08. The van der Waals surface area contributed by atoms with E-state index in [9.17, 15) is 4.79 Å². The fourth-order valence-corrected chi connectivity index (χ4v) is 4.52. The number of ether oxygens (including phenoxy) is 3. The summed E-state index contributed by atoms with van der Waals surface area (Å²) in [6.45, 7) is 1.82. The van der Waals surface area contributed by atoms with E-state index in [1.807, 2.05) is 65.8 Å². The van der Waals surface area contributed by atoms with Crippen LogP contribution in [0.2, 0.25) is 0 Å². The van der Waals surface area contributed by atoms with Crippen LogP contribution in [0.4, 0.5) is 5.69 Å². The number of para-hydroxylation sites is 1. The number of hydrogen-bond acceptors (Lipinski definition) is 4. The zero-order valence-corrected chi connectivity index (χ0v) is 15.1. The molecule has 6 nitrogen and oxygen atoms in total. The average molecular weight is 374 g/mol. The van der Waals surface area contributed by atoms with E-state index in [1.165, 1.54) is 0 Å². The summed E-state index contributed by atoms with van der Waals surface area (Å²) in [6.07, 6.45) is 4.02. The minimum absolute atomic E-state index is 0.0541. The highest BCUT2D eigenvalue weighted by Gasteiger charge is 2.57. The Kier molecular flexibility index (Phi) is 3.10. The maximum Gasteiger partial charge on any atom is 0.245 e. The number of carbonyl (C=O) groups excluding carboxylic acids is 1. The van der Waals surface area contributed by atoms with Crippen LogP contribution >= 0.6 is 0 Å². The molecule has 0 N–H and O–H groups in total. The van der Waals surface area contributed by atoms with Gasteiger partial charge in [0, 0.05) is 42.8 Å². The van der Waals surface area contributed by atoms with Gasteiger partial charge in [0.25, 0.3) is 0 Å². The summed E-state index contributed by atoms with van der Waals surface area (Å²) < 4.78 is 19.1. The Balaban J connectivity index is 1.46. The van der Waals surface area contributed by atoms with E-state index in [4.69, 9.17) is 14.2 Å². The molecule has 0 bridgehead atoms. The molecule has 0 aliphatic carbocycles. The molecule has 1 amide bonds. The quantitative estimate of drug-likeness (QED) is 0.707. The second-order valence-corrected chi connectivity index (χ2v) is 7.29. The molecule has 3 aromatic rings. The lowest BCUT2D eigenvalue weighted by atomic mass is 9.77. The number of anilines is 1. The molecule has 1 aromatic heterocycles. The molecule has 3 aliphatic heterocycles. The minimum Gasteiger partial charge on any atom is -0.491 e. The van der Waals surface area contributed by atoms with Crippen LogP contribution in [-0.4, -0.2) is 30.4 Å². The highest BCUT2D eigenvalue weighted by atomic mass is 16.7. The molecule has 3 aliphatic rings. The number of benzene rings is 2. The smallest absolute Gasteiger partial charge is 0.245 e. The molecule has 0 saturated carbocycles. The first-order chi connectivity index (χ1) is 13.8. The van der Waals surface area contributed by atoms with E-state index in [0.717, 1.165) is 23.4 Å². The Morgan fingerprint density at radius 1 is 0.857 bits per heavy atom. The number of hydrogen-bond donors (Lipinski definition) is 0.